The lowest BCUT2D eigenvalue weighted by Gasteiger charge is -2.23. The molecule has 1 N–H and O–H groups in total. The molecule has 1 aliphatic heterocycles. The molecule has 2 heterocycles. The summed E-state index contributed by atoms with van der Waals surface area (Å²) in [5.41, 5.74) is 0. The predicted octanol–water partition coefficient (Wildman–Crippen LogP) is 2.48. The molecule has 1 fully saturated rings. The van der Waals surface area contributed by atoms with Crippen LogP contribution >= 0.6 is 11.3 Å². The summed E-state index contributed by atoms with van der Waals surface area (Å²) in [6, 6.07) is 3.65. The van der Waals surface area contributed by atoms with E-state index in [4.69, 9.17) is 4.74 Å². The number of carbonyl (C=O) groups is 1. The molecule has 0 aliphatic carbocycles. The number of ether oxygens (including phenoxy) is 1. The van der Waals surface area contributed by atoms with Crippen molar-refractivity contribution in [2.75, 3.05) is 19.8 Å². The number of thiophene rings is 1. The van der Waals surface area contributed by atoms with Gasteiger partial charge in [0.2, 0.25) is 5.91 Å². The first kappa shape index (κ1) is 16.3. The summed E-state index contributed by atoms with van der Waals surface area (Å²) in [5.74, 6) is 0.177. The van der Waals surface area contributed by atoms with Gasteiger partial charge in [-0.2, -0.15) is 0 Å². The van der Waals surface area contributed by atoms with Crippen molar-refractivity contribution in [3.8, 4) is 0 Å². The molecule has 2 unspecified atom stereocenters. The maximum atomic E-state index is 12.4. The second-order valence-electron chi connectivity index (χ2n) is 5.30. The first-order valence-electron chi connectivity index (χ1n) is 6.96. The van der Waals surface area contributed by atoms with Crippen molar-refractivity contribution in [2.45, 2.75) is 32.5 Å². The van der Waals surface area contributed by atoms with Gasteiger partial charge in [-0.25, -0.2) is 8.78 Å². The van der Waals surface area contributed by atoms with E-state index in [1.165, 1.54) is 0 Å². The van der Waals surface area contributed by atoms with Gasteiger partial charge in [0.05, 0.1) is 12.6 Å². The Bertz CT molecular complexity index is 454. The Hall–Kier alpha value is -1.05. The molecule has 1 amide bonds. The lowest BCUT2D eigenvalue weighted by Crippen LogP contribution is -2.36. The number of alkyl halides is 2. The fourth-order valence-electron chi connectivity index (χ4n) is 2.37. The average molecular weight is 318 g/mol. The third-order valence-corrected chi connectivity index (χ3v) is 4.32. The molecule has 2 atom stereocenters. The standard InChI is InChI=1S/C14H20F2N2O2S/c1-9(2)12-14(19)18(5-6-20-8-11(15)16)13(17-12)10-4-3-7-21-10/h3-4,7,9,11-13,17H,5-6,8H2,1-2H3. The van der Waals surface area contributed by atoms with E-state index in [0.717, 1.165) is 4.88 Å². The topological polar surface area (TPSA) is 41.6 Å². The molecule has 0 spiro atoms. The first-order chi connectivity index (χ1) is 10.0. The Labute approximate surface area is 127 Å². The van der Waals surface area contributed by atoms with Gasteiger partial charge in [-0.3, -0.25) is 10.1 Å². The molecule has 1 aromatic rings. The van der Waals surface area contributed by atoms with Gasteiger partial charge < -0.3 is 9.64 Å². The van der Waals surface area contributed by atoms with Gasteiger partial charge >= 0.3 is 0 Å². The third kappa shape index (κ3) is 3.99. The van der Waals surface area contributed by atoms with E-state index in [1.54, 1.807) is 16.2 Å². The van der Waals surface area contributed by atoms with Crippen molar-refractivity contribution in [1.82, 2.24) is 10.2 Å². The van der Waals surface area contributed by atoms with Gasteiger partial charge in [0.25, 0.3) is 6.43 Å². The van der Waals surface area contributed by atoms with E-state index in [-0.39, 0.29) is 30.6 Å². The van der Waals surface area contributed by atoms with Crippen LogP contribution in [-0.2, 0) is 9.53 Å². The van der Waals surface area contributed by atoms with Crippen LogP contribution in [0.3, 0.4) is 0 Å². The summed E-state index contributed by atoms with van der Waals surface area (Å²) in [4.78, 5) is 15.2. The fourth-order valence-corrected chi connectivity index (χ4v) is 3.17. The third-order valence-electron chi connectivity index (χ3n) is 3.40. The van der Waals surface area contributed by atoms with Crippen LogP contribution in [0.1, 0.15) is 24.9 Å². The van der Waals surface area contributed by atoms with Crippen LogP contribution in [0.5, 0.6) is 0 Å². The van der Waals surface area contributed by atoms with Gasteiger partial charge in [0, 0.05) is 11.4 Å². The van der Waals surface area contributed by atoms with Crippen molar-refractivity contribution < 1.29 is 18.3 Å². The zero-order chi connectivity index (χ0) is 15.4. The molecule has 0 saturated carbocycles. The highest BCUT2D eigenvalue weighted by Gasteiger charge is 2.41. The minimum atomic E-state index is -2.48. The van der Waals surface area contributed by atoms with Crippen molar-refractivity contribution in [3.05, 3.63) is 22.4 Å². The largest absolute Gasteiger partial charge is 0.374 e. The summed E-state index contributed by atoms with van der Waals surface area (Å²) in [7, 11) is 0. The van der Waals surface area contributed by atoms with E-state index in [1.807, 2.05) is 31.4 Å². The molecular formula is C14H20F2N2O2S. The zero-order valence-electron chi connectivity index (χ0n) is 12.1. The van der Waals surface area contributed by atoms with Crippen LogP contribution < -0.4 is 5.32 Å². The molecule has 7 heteroatoms. The number of nitrogens with zero attached hydrogens (tertiary/aromatic N) is 1. The summed E-state index contributed by atoms with van der Waals surface area (Å²) in [6.45, 7) is 3.80. The van der Waals surface area contributed by atoms with Gasteiger partial charge in [-0.1, -0.05) is 19.9 Å². The van der Waals surface area contributed by atoms with Crippen LogP contribution in [0.25, 0.3) is 0 Å². The Kier molecular flexibility index (Phi) is 5.66. The highest BCUT2D eigenvalue weighted by molar-refractivity contribution is 7.10. The van der Waals surface area contributed by atoms with Crippen LogP contribution in [0.2, 0.25) is 0 Å². The average Bonchev–Trinajstić information content (AvgIpc) is 3.02. The Morgan fingerprint density at radius 2 is 2.24 bits per heavy atom. The quantitative estimate of drug-likeness (QED) is 0.785. The lowest BCUT2D eigenvalue weighted by molar-refractivity contribution is -0.131. The smallest absolute Gasteiger partial charge is 0.261 e. The molecule has 1 saturated heterocycles. The fraction of sp³-hybridized carbons (Fsp3) is 0.643. The Morgan fingerprint density at radius 1 is 1.48 bits per heavy atom. The monoisotopic (exact) mass is 318 g/mol. The number of hydrogen-bond donors (Lipinski definition) is 1. The summed E-state index contributed by atoms with van der Waals surface area (Å²) < 4.78 is 29.0. The van der Waals surface area contributed by atoms with Crippen molar-refractivity contribution >= 4 is 17.2 Å². The maximum absolute atomic E-state index is 12.4. The van der Waals surface area contributed by atoms with Gasteiger partial charge in [-0.05, 0) is 17.4 Å². The number of halogens is 2. The van der Waals surface area contributed by atoms with E-state index in [0.29, 0.717) is 6.54 Å². The van der Waals surface area contributed by atoms with Crippen molar-refractivity contribution in [1.29, 1.82) is 0 Å². The molecule has 0 aromatic carbocycles. The molecule has 21 heavy (non-hydrogen) atoms. The Morgan fingerprint density at radius 3 is 2.81 bits per heavy atom. The predicted molar refractivity (Wildman–Crippen MR) is 77.4 cm³/mol. The van der Waals surface area contributed by atoms with E-state index < -0.39 is 13.0 Å². The van der Waals surface area contributed by atoms with Crippen LogP contribution in [0.4, 0.5) is 8.78 Å². The zero-order valence-corrected chi connectivity index (χ0v) is 12.9. The molecule has 0 radical (unpaired) electrons. The van der Waals surface area contributed by atoms with E-state index in [9.17, 15) is 13.6 Å². The van der Waals surface area contributed by atoms with Crippen molar-refractivity contribution in [3.63, 3.8) is 0 Å². The Balaban J connectivity index is 2.01. The van der Waals surface area contributed by atoms with Gasteiger partial charge in [0.15, 0.2) is 0 Å². The summed E-state index contributed by atoms with van der Waals surface area (Å²) >= 11 is 1.57. The van der Waals surface area contributed by atoms with E-state index in [2.05, 4.69) is 5.32 Å². The molecule has 0 bridgehead atoms. The van der Waals surface area contributed by atoms with E-state index >= 15 is 0 Å². The molecular weight excluding hydrogens is 298 g/mol. The number of rotatable bonds is 7. The second-order valence-corrected chi connectivity index (χ2v) is 6.28. The second kappa shape index (κ2) is 7.29. The molecule has 2 rings (SSSR count). The highest BCUT2D eigenvalue weighted by Crippen LogP contribution is 2.30. The van der Waals surface area contributed by atoms with Gasteiger partial charge in [-0.15, -0.1) is 11.3 Å². The summed E-state index contributed by atoms with van der Waals surface area (Å²) in [6.07, 6.45) is -2.67. The SMILES string of the molecule is CC(C)C1NC(c2cccs2)N(CCOCC(F)F)C1=O. The molecule has 4 nitrogen and oxygen atoms in total. The van der Waals surface area contributed by atoms with Crippen LogP contribution in [0.15, 0.2) is 17.5 Å². The summed E-state index contributed by atoms with van der Waals surface area (Å²) in [5, 5.41) is 5.28. The number of hydrogen-bond acceptors (Lipinski definition) is 4. The minimum absolute atomic E-state index is 0.00375. The molecule has 1 aromatic heterocycles. The van der Waals surface area contributed by atoms with Gasteiger partial charge in [0.1, 0.15) is 12.8 Å². The minimum Gasteiger partial charge on any atom is -0.374 e. The number of carbonyl (C=O) groups excluding carboxylic acids is 1. The first-order valence-corrected chi connectivity index (χ1v) is 7.84. The van der Waals surface area contributed by atoms with Crippen LogP contribution in [-0.4, -0.2) is 43.0 Å². The molecule has 1 aliphatic rings. The van der Waals surface area contributed by atoms with Crippen molar-refractivity contribution in [2.24, 2.45) is 5.92 Å². The van der Waals surface area contributed by atoms with Crippen LogP contribution in [0, 0.1) is 5.92 Å². The normalized spacial score (nSPS) is 22.8. The highest BCUT2D eigenvalue weighted by atomic mass is 32.1. The number of amides is 1. The number of nitrogens with one attached hydrogen (secondary N) is 1. The lowest BCUT2D eigenvalue weighted by atomic mass is 10.1. The molecule has 118 valence electrons. The maximum Gasteiger partial charge on any atom is 0.261 e.